The van der Waals surface area contributed by atoms with Gasteiger partial charge in [-0.1, -0.05) is 49.3 Å². The van der Waals surface area contributed by atoms with E-state index < -0.39 is 84.6 Å². The van der Waals surface area contributed by atoms with Crippen molar-refractivity contribution in [3.63, 3.8) is 0 Å². The molecule has 0 aliphatic carbocycles. The van der Waals surface area contributed by atoms with Gasteiger partial charge < -0.3 is 50.9 Å². The molecule has 0 bridgehead atoms. The zero-order valence-corrected chi connectivity index (χ0v) is 34.0. The number of phosphoric ester groups is 3. The molecule has 7 atom stereocenters. The number of thioether (sulfide) groups is 1. The molecule has 1 aliphatic heterocycles. The van der Waals surface area contributed by atoms with E-state index in [-0.39, 0.29) is 47.4 Å². The molecule has 24 nitrogen and oxygen atoms in total. The summed E-state index contributed by atoms with van der Waals surface area (Å²) in [4.78, 5) is 87.9. The van der Waals surface area contributed by atoms with Gasteiger partial charge in [-0.2, -0.15) is 4.31 Å². The van der Waals surface area contributed by atoms with E-state index in [1.54, 1.807) is 18.2 Å². The number of nitrogens with two attached hydrogens (primary N) is 1. The first-order valence-corrected chi connectivity index (χ1v) is 22.2. The van der Waals surface area contributed by atoms with Crippen molar-refractivity contribution < 1.29 is 80.5 Å². The Bertz CT molecular complexity index is 2080. The summed E-state index contributed by atoms with van der Waals surface area (Å²) < 4.78 is 62.1. The molecular weight excluding hydrogens is 867 g/mol. The van der Waals surface area contributed by atoms with Crippen LogP contribution in [0.4, 0.5) is 5.82 Å². The number of ether oxygens (including phenoxy) is 1. The van der Waals surface area contributed by atoms with Crippen LogP contribution in [0, 0.1) is 5.41 Å². The molecule has 2 unspecified atom stereocenters. The number of rotatable bonds is 20. The summed E-state index contributed by atoms with van der Waals surface area (Å²) in [5, 5.41) is 26.5. The van der Waals surface area contributed by atoms with Crippen molar-refractivity contribution in [2.24, 2.45) is 5.41 Å². The quantitative estimate of drug-likeness (QED) is 0.0554. The second-order valence-corrected chi connectivity index (χ2v) is 18.5. The van der Waals surface area contributed by atoms with Gasteiger partial charge in [0.1, 0.15) is 36.3 Å². The number of phosphoric acid groups is 3. The van der Waals surface area contributed by atoms with Gasteiger partial charge in [-0.3, -0.25) is 32.5 Å². The topological polar surface area (TPSA) is 364 Å². The Kier molecular flexibility index (Phi) is 15.9. The van der Waals surface area contributed by atoms with Crippen LogP contribution in [0.25, 0.3) is 11.2 Å². The number of benzene rings is 1. The number of imidazole rings is 1. The summed E-state index contributed by atoms with van der Waals surface area (Å²) in [6.07, 6.45) is -6.99. The van der Waals surface area contributed by atoms with Crippen molar-refractivity contribution in [1.29, 1.82) is 0 Å². The normalized spacial score (nSPS) is 21.4. The van der Waals surface area contributed by atoms with Gasteiger partial charge in [-0.05, 0) is 12.1 Å². The lowest BCUT2D eigenvalue weighted by molar-refractivity contribution is -0.137. The number of amides is 2. The highest BCUT2D eigenvalue weighted by Gasteiger charge is 2.50. The second-order valence-electron chi connectivity index (χ2n) is 12.7. The van der Waals surface area contributed by atoms with E-state index in [1.807, 2.05) is 0 Å². The fourth-order valence-corrected chi connectivity index (χ4v) is 8.68. The number of fused-ring (bicyclic) bond motifs is 1. The fourth-order valence-electron chi connectivity index (χ4n) is 4.97. The molecule has 1 aromatic carbocycles. The average molecular weight is 906 g/mol. The molecule has 10 N–H and O–H groups in total. The minimum absolute atomic E-state index is 0.0265. The number of aliphatic hydroxyl groups excluding tert-OH is 2. The van der Waals surface area contributed by atoms with Gasteiger partial charge in [-0.15, -0.1) is 0 Å². The molecule has 1 saturated heterocycles. The molecule has 316 valence electrons. The summed E-state index contributed by atoms with van der Waals surface area (Å²) in [5.41, 5.74) is 4.65. The van der Waals surface area contributed by atoms with Crippen molar-refractivity contribution in [1.82, 2.24) is 30.2 Å². The van der Waals surface area contributed by atoms with E-state index in [4.69, 9.17) is 31.1 Å². The predicted octanol–water partition coefficient (Wildman–Crippen LogP) is 0.632. The molecule has 57 heavy (non-hydrogen) atoms. The summed E-state index contributed by atoms with van der Waals surface area (Å²) in [6, 6.07) is 6.39. The molecule has 0 spiro atoms. The number of aromatic nitrogens is 4. The second kappa shape index (κ2) is 19.4. The van der Waals surface area contributed by atoms with E-state index in [0.717, 1.165) is 29.0 Å². The van der Waals surface area contributed by atoms with Crippen LogP contribution in [0.2, 0.25) is 5.02 Å². The number of carbonyl (C=O) groups excluding carboxylic acids is 3. The highest BCUT2D eigenvalue weighted by molar-refractivity contribution is 8.14. The molecule has 2 aromatic heterocycles. The lowest BCUT2D eigenvalue weighted by Gasteiger charge is -2.30. The lowest BCUT2D eigenvalue weighted by atomic mass is 9.87. The highest BCUT2D eigenvalue weighted by Crippen LogP contribution is 2.61. The zero-order chi connectivity index (χ0) is 42.3. The standard InChI is InChI=1S/C28H39ClN7O17P3S/c1-28(2,22(39)25(40)32-7-6-18(37)31-8-9-57-27(41)15-4-3-5-16(29)10-15)12-50-56(47,48)53-55(45,46)49-11-17-21(52-54(42,43)44)20(38)26(51-17)36-14-35-19-23(30)33-13-34-24(19)36/h3-5,10,13-14,17,20-22,26,38-39H,6-9,11-12H2,1-2H3,(H,31,37)(H,32,40)(H,45,46)(H,47,48)(H2,30,33,34)(H2,42,43,44)/t17-,20-,21-,22+,26-/m1/s1. The first-order valence-electron chi connectivity index (χ1n) is 16.3. The highest BCUT2D eigenvalue weighted by atomic mass is 35.5. The van der Waals surface area contributed by atoms with Gasteiger partial charge in [0.25, 0.3) is 0 Å². The Balaban J connectivity index is 1.23. The summed E-state index contributed by atoms with van der Waals surface area (Å²) >= 11 is 6.86. The maximum atomic E-state index is 12.7. The molecule has 4 rings (SSSR count). The number of halogens is 1. The first-order chi connectivity index (χ1) is 26.5. The number of nitrogens with zero attached hydrogens (tertiary/aromatic N) is 4. The van der Waals surface area contributed by atoms with Gasteiger partial charge in [0.05, 0.1) is 19.5 Å². The molecule has 3 heterocycles. The number of nitrogen functional groups attached to an aromatic ring is 1. The van der Waals surface area contributed by atoms with Crippen molar-refractivity contribution in [2.45, 2.75) is 50.9 Å². The lowest BCUT2D eigenvalue weighted by Crippen LogP contribution is -2.46. The smallest absolute Gasteiger partial charge is 0.386 e. The van der Waals surface area contributed by atoms with Crippen LogP contribution in [-0.4, -0.2) is 123 Å². The van der Waals surface area contributed by atoms with Crippen molar-refractivity contribution in [3.8, 4) is 0 Å². The van der Waals surface area contributed by atoms with E-state index >= 15 is 0 Å². The summed E-state index contributed by atoms with van der Waals surface area (Å²) in [7, 11) is -16.4. The van der Waals surface area contributed by atoms with E-state index in [1.165, 1.54) is 19.9 Å². The van der Waals surface area contributed by atoms with Gasteiger partial charge in [0.2, 0.25) is 16.9 Å². The monoisotopic (exact) mass is 905 g/mol. The Labute approximate surface area is 332 Å². The van der Waals surface area contributed by atoms with E-state index in [9.17, 15) is 57.9 Å². The molecule has 1 fully saturated rings. The third-order valence-corrected chi connectivity index (χ3v) is 12.0. The van der Waals surface area contributed by atoms with Gasteiger partial charge in [-0.25, -0.2) is 28.6 Å². The fraction of sp³-hybridized carbons (Fsp3) is 0.500. The molecule has 0 radical (unpaired) electrons. The van der Waals surface area contributed by atoms with Crippen molar-refractivity contribution in [3.05, 3.63) is 47.5 Å². The Morgan fingerprint density at radius 2 is 1.77 bits per heavy atom. The first kappa shape index (κ1) is 46.8. The number of anilines is 1. The molecule has 29 heteroatoms. The summed E-state index contributed by atoms with van der Waals surface area (Å²) in [6.45, 7) is 0.375. The van der Waals surface area contributed by atoms with E-state index in [2.05, 4.69) is 34.4 Å². The number of hydrogen-bond donors (Lipinski definition) is 9. The van der Waals surface area contributed by atoms with Crippen LogP contribution in [0.15, 0.2) is 36.9 Å². The van der Waals surface area contributed by atoms with Crippen molar-refractivity contribution >= 4 is 80.7 Å². The van der Waals surface area contributed by atoms with Crippen LogP contribution < -0.4 is 16.4 Å². The van der Waals surface area contributed by atoms with Gasteiger partial charge >= 0.3 is 23.5 Å². The largest absolute Gasteiger partial charge is 0.481 e. The van der Waals surface area contributed by atoms with Crippen LogP contribution in [-0.2, 0) is 45.9 Å². The molecule has 2 amide bonds. The van der Waals surface area contributed by atoms with Gasteiger partial charge in [0.15, 0.2) is 17.7 Å². The molecule has 1 aliphatic rings. The van der Waals surface area contributed by atoms with Crippen LogP contribution >= 0.6 is 46.8 Å². The number of nitrogens with one attached hydrogen (secondary N) is 2. The van der Waals surface area contributed by atoms with E-state index in [0.29, 0.717) is 10.6 Å². The minimum Gasteiger partial charge on any atom is -0.386 e. The zero-order valence-electron chi connectivity index (χ0n) is 29.8. The number of carbonyl (C=O) groups is 3. The van der Waals surface area contributed by atoms with Crippen LogP contribution in [0.5, 0.6) is 0 Å². The Morgan fingerprint density at radius 3 is 2.46 bits per heavy atom. The third kappa shape index (κ3) is 13.5. The predicted molar refractivity (Wildman–Crippen MR) is 198 cm³/mol. The minimum atomic E-state index is -5.58. The summed E-state index contributed by atoms with van der Waals surface area (Å²) in [5.74, 6) is -1.24. The van der Waals surface area contributed by atoms with Crippen LogP contribution in [0.3, 0.4) is 0 Å². The number of aliphatic hydroxyl groups is 2. The Morgan fingerprint density at radius 1 is 1.07 bits per heavy atom. The SMILES string of the molecule is CC(C)(COP(=O)(O)OP(=O)(O)OC[C@H]1O[C@@H](n2cnc3c(N)ncnc32)[C@H](O)[C@@H]1OP(=O)(O)O)[C@@H](O)C(=O)NCCC(=O)NCCSC(=O)c1cccc(Cl)c1. The molecule has 0 saturated carbocycles. The van der Waals surface area contributed by atoms with Crippen LogP contribution in [0.1, 0.15) is 36.9 Å². The average Bonchev–Trinajstić information content (AvgIpc) is 3.68. The molecule has 3 aromatic rings. The third-order valence-electron chi connectivity index (χ3n) is 7.80. The maximum Gasteiger partial charge on any atom is 0.481 e. The van der Waals surface area contributed by atoms with Crippen molar-refractivity contribution in [2.75, 3.05) is 37.8 Å². The molecular formula is C28H39ClN7O17P3S. The Hall–Kier alpha value is -2.93. The number of hydrogen-bond acceptors (Lipinski definition) is 18. The maximum absolute atomic E-state index is 12.7. The van der Waals surface area contributed by atoms with Gasteiger partial charge in [0, 0.05) is 41.3 Å².